The first-order valence-corrected chi connectivity index (χ1v) is 8.90. The molecule has 0 atom stereocenters. The van der Waals surface area contributed by atoms with Crippen LogP contribution in [0.2, 0.25) is 0 Å². The van der Waals surface area contributed by atoms with E-state index in [0.717, 1.165) is 36.4 Å². The van der Waals surface area contributed by atoms with Crippen molar-refractivity contribution in [3.63, 3.8) is 0 Å². The number of aromatic nitrogens is 2. The lowest BCUT2D eigenvalue weighted by Gasteiger charge is -2.30. The molecule has 1 amide bonds. The van der Waals surface area contributed by atoms with Crippen LogP contribution in [0.15, 0.2) is 42.5 Å². The van der Waals surface area contributed by atoms with E-state index in [1.165, 1.54) is 6.42 Å². The molecule has 136 valence electrons. The second-order valence-corrected chi connectivity index (χ2v) is 6.54. The maximum Gasteiger partial charge on any atom is 0.269 e. The van der Waals surface area contributed by atoms with E-state index in [-0.39, 0.29) is 5.69 Å². The summed E-state index contributed by atoms with van der Waals surface area (Å²) < 4.78 is 7.53. The summed E-state index contributed by atoms with van der Waals surface area (Å²) in [4.78, 5) is 14.2. The maximum absolute atomic E-state index is 11.9. The van der Waals surface area contributed by atoms with Gasteiger partial charge >= 0.3 is 0 Å². The highest BCUT2D eigenvalue weighted by molar-refractivity contribution is 6.04. The number of ether oxygens (including phenoxy) is 1. The predicted molar refractivity (Wildman–Crippen MR) is 104 cm³/mol. The molecule has 6 heteroatoms. The Morgan fingerprint density at radius 2 is 2.11 bits per heavy atom. The van der Waals surface area contributed by atoms with Crippen LogP contribution in [-0.2, 0) is 0 Å². The van der Waals surface area contributed by atoms with Crippen LogP contribution in [0.5, 0.6) is 5.75 Å². The predicted octanol–water partition coefficient (Wildman–Crippen LogP) is 2.19. The average Bonchev–Trinajstić information content (AvgIpc) is 3.03. The molecule has 1 aliphatic heterocycles. The summed E-state index contributed by atoms with van der Waals surface area (Å²) >= 11 is 0. The van der Waals surface area contributed by atoms with Crippen LogP contribution in [-0.4, -0.2) is 46.8 Å². The highest BCUT2D eigenvalue weighted by Crippen LogP contribution is 2.27. The molecular weight excluding hydrogens is 340 g/mol. The van der Waals surface area contributed by atoms with E-state index in [4.69, 9.17) is 16.9 Å². The van der Waals surface area contributed by atoms with Gasteiger partial charge < -0.3 is 10.5 Å². The zero-order valence-corrected chi connectivity index (χ0v) is 14.9. The minimum Gasteiger partial charge on any atom is -0.492 e. The van der Waals surface area contributed by atoms with Gasteiger partial charge in [-0.25, -0.2) is 4.68 Å². The normalized spacial score (nSPS) is 13.9. The van der Waals surface area contributed by atoms with Gasteiger partial charge in [-0.2, -0.15) is 5.10 Å². The quantitative estimate of drug-likeness (QED) is 0.684. The molecular formula is C21H20N4O2. The number of benzene rings is 2. The maximum atomic E-state index is 11.9. The highest BCUT2D eigenvalue weighted by Gasteiger charge is 2.17. The average molecular weight is 360 g/mol. The summed E-state index contributed by atoms with van der Waals surface area (Å²) in [5, 5.41) is 5.08. The third kappa shape index (κ3) is 3.37. The fourth-order valence-corrected chi connectivity index (χ4v) is 3.19. The molecule has 0 spiro atoms. The third-order valence-corrected chi connectivity index (χ3v) is 4.77. The Hall–Kier alpha value is -3.30. The van der Waals surface area contributed by atoms with Crippen LogP contribution >= 0.6 is 0 Å². The van der Waals surface area contributed by atoms with Crippen LogP contribution in [0, 0.1) is 12.3 Å². The van der Waals surface area contributed by atoms with E-state index in [1.807, 2.05) is 42.5 Å². The van der Waals surface area contributed by atoms with Crippen LogP contribution in [0.3, 0.4) is 0 Å². The molecule has 27 heavy (non-hydrogen) atoms. The molecule has 2 aromatic carbocycles. The number of likely N-dealkylation sites (tertiary alicyclic amines) is 1. The van der Waals surface area contributed by atoms with Crippen molar-refractivity contribution in [2.45, 2.75) is 6.42 Å². The molecule has 4 rings (SSSR count). The summed E-state index contributed by atoms with van der Waals surface area (Å²) in [5.74, 6) is 2.73. The molecule has 0 unspecified atom stereocenters. The standard InChI is InChI=1S/C21H20N4O2/c1-2-15-5-3-6-16(13-15)25-19-8-7-17(27-12-11-24-9-4-10-24)14-18(19)20(23-25)21(22)26/h1,3,5-8,13-14H,4,9-12H2,(H2,22,26). The summed E-state index contributed by atoms with van der Waals surface area (Å²) in [6, 6.07) is 13.0. The van der Waals surface area contributed by atoms with Gasteiger partial charge in [-0.1, -0.05) is 12.0 Å². The van der Waals surface area contributed by atoms with Gasteiger partial charge in [0.15, 0.2) is 5.69 Å². The molecule has 2 heterocycles. The van der Waals surface area contributed by atoms with Crippen LogP contribution in [0.25, 0.3) is 16.6 Å². The Bertz CT molecular complexity index is 1040. The molecule has 6 nitrogen and oxygen atoms in total. The first kappa shape index (κ1) is 17.1. The van der Waals surface area contributed by atoms with Crippen molar-refractivity contribution in [1.29, 1.82) is 0 Å². The Kier molecular flexibility index (Phi) is 4.53. The van der Waals surface area contributed by atoms with E-state index >= 15 is 0 Å². The number of primary amides is 1. The van der Waals surface area contributed by atoms with E-state index in [0.29, 0.717) is 17.7 Å². The Balaban J connectivity index is 1.68. The summed E-state index contributed by atoms with van der Waals surface area (Å²) in [7, 11) is 0. The van der Waals surface area contributed by atoms with Crippen molar-refractivity contribution >= 4 is 16.8 Å². The number of fused-ring (bicyclic) bond motifs is 1. The number of terminal acetylenes is 1. The van der Waals surface area contributed by atoms with E-state index in [1.54, 1.807) is 4.68 Å². The molecule has 1 aromatic heterocycles. The number of nitrogens with two attached hydrogens (primary N) is 1. The number of hydrogen-bond acceptors (Lipinski definition) is 4. The first-order valence-electron chi connectivity index (χ1n) is 8.90. The summed E-state index contributed by atoms with van der Waals surface area (Å²) in [6.07, 6.45) is 6.75. The number of nitrogens with zero attached hydrogens (tertiary/aromatic N) is 3. The number of hydrogen-bond donors (Lipinski definition) is 1. The molecule has 0 aliphatic carbocycles. The lowest BCUT2D eigenvalue weighted by molar-refractivity contribution is 0.0996. The van der Waals surface area contributed by atoms with Gasteiger partial charge in [0.25, 0.3) is 5.91 Å². The lowest BCUT2D eigenvalue weighted by atomic mass is 10.1. The Morgan fingerprint density at radius 3 is 2.81 bits per heavy atom. The Morgan fingerprint density at radius 1 is 1.26 bits per heavy atom. The zero-order chi connectivity index (χ0) is 18.8. The minimum atomic E-state index is -0.579. The molecule has 1 saturated heterocycles. The van der Waals surface area contributed by atoms with Crippen LogP contribution < -0.4 is 10.5 Å². The van der Waals surface area contributed by atoms with Crippen molar-refractivity contribution in [3.05, 3.63) is 53.7 Å². The van der Waals surface area contributed by atoms with Gasteiger partial charge in [-0.05, 0) is 55.9 Å². The van der Waals surface area contributed by atoms with E-state index in [2.05, 4.69) is 15.9 Å². The largest absolute Gasteiger partial charge is 0.492 e. The molecule has 0 saturated carbocycles. The lowest BCUT2D eigenvalue weighted by Crippen LogP contribution is -2.39. The molecule has 3 aromatic rings. The Labute approximate surface area is 157 Å². The summed E-state index contributed by atoms with van der Waals surface area (Å²) in [6.45, 7) is 3.78. The number of carbonyl (C=O) groups is 1. The highest BCUT2D eigenvalue weighted by atomic mass is 16.5. The number of amides is 1. The zero-order valence-electron chi connectivity index (χ0n) is 14.9. The second-order valence-electron chi connectivity index (χ2n) is 6.54. The van der Waals surface area contributed by atoms with Gasteiger partial charge in [0.05, 0.1) is 11.2 Å². The van der Waals surface area contributed by atoms with Gasteiger partial charge in [0.2, 0.25) is 0 Å². The van der Waals surface area contributed by atoms with Crippen LogP contribution in [0.4, 0.5) is 0 Å². The molecule has 0 bridgehead atoms. The SMILES string of the molecule is C#Cc1cccc(-n2nc(C(N)=O)c3cc(OCCN4CCC4)ccc32)c1. The topological polar surface area (TPSA) is 73.4 Å². The molecule has 0 radical (unpaired) electrons. The van der Waals surface area contributed by atoms with Crippen molar-refractivity contribution in [2.24, 2.45) is 5.73 Å². The van der Waals surface area contributed by atoms with Crippen molar-refractivity contribution in [3.8, 4) is 23.8 Å². The van der Waals surface area contributed by atoms with Crippen LogP contribution in [0.1, 0.15) is 22.5 Å². The number of rotatable bonds is 6. The van der Waals surface area contributed by atoms with E-state index in [9.17, 15) is 4.79 Å². The van der Waals surface area contributed by atoms with E-state index < -0.39 is 5.91 Å². The minimum absolute atomic E-state index is 0.212. The van der Waals surface area contributed by atoms with Gasteiger partial charge in [-0.15, -0.1) is 6.42 Å². The van der Waals surface area contributed by atoms with Gasteiger partial charge in [-0.3, -0.25) is 9.69 Å². The van der Waals surface area contributed by atoms with Gasteiger partial charge in [0, 0.05) is 17.5 Å². The molecule has 1 fully saturated rings. The van der Waals surface area contributed by atoms with Crippen molar-refractivity contribution in [1.82, 2.24) is 14.7 Å². The second kappa shape index (κ2) is 7.14. The van der Waals surface area contributed by atoms with Crippen molar-refractivity contribution in [2.75, 3.05) is 26.2 Å². The first-order chi connectivity index (χ1) is 13.2. The fraction of sp³-hybridized carbons (Fsp3) is 0.238. The molecule has 1 aliphatic rings. The monoisotopic (exact) mass is 360 g/mol. The molecule has 2 N–H and O–H groups in total. The smallest absolute Gasteiger partial charge is 0.269 e. The van der Waals surface area contributed by atoms with Gasteiger partial charge in [0.1, 0.15) is 12.4 Å². The van der Waals surface area contributed by atoms with Crippen molar-refractivity contribution < 1.29 is 9.53 Å². The third-order valence-electron chi connectivity index (χ3n) is 4.77. The fourth-order valence-electron chi connectivity index (χ4n) is 3.19. The summed E-state index contributed by atoms with van der Waals surface area (Å²) in [5.41, 5.74) is 8.04. The number of carbonyl (C=O) groups excluding carboxylic acids is 1.